The van der Waals surface area contributed by atoms with Crippen LogP contribution in [0, 0.1) is 0 Å². The highest BCUT2D eigenvalue weighted by Crippen LogP contribution is 2.38. The molecule has 4 rings (SSSR count). The lowest BCUT2D eigenvalue weighted by Crippen LogP contribution is -2.32. The highest BCUT2D eigenvalue weighted by molar-refractivity contribution is 7.99. The number of fused-ring (bicyclic) bond motifs is 1. The number of halogens is 1. The number of para-hydroxylation sites is 1. The largest absolute Gasteiger partial charge is 0.360 e. The lowest BCUT2D eigenvalue weighted by Gasteiger charge is -2.20. The van der Waals surface area contributed by atoms with Gasteiger partial charge in [-0.3, -0.25) is 4.79 Å². The fourth-order valence-electron chi connectivity index (χ4n) is 3.38. The number of H-pyrrole nitrogens is 1. The van der Waals surface area contributed by atoms with E-state index in [1.807, 2.05) is 65.3 Å². The minimum Gasteiger partial charge on any atom is -0.360 e. The first kappa shape index (κ1) is 16.6. The van der Waals surface area contributed by atoms with Crippen molar-refractivity contribution >= 4 is 40.2 Å². The van der Waals surface area contributed by atoms with Gasteiger partial charge in [-0.25, -0.2) is 0 Å². The Morgan fingerprint density at radius 3 is 2.80 bits per heavy atom. The van der Waals surface area contributed by atoms with E-state index in [0.29, 0.717) is 5.25 Å². The molecule has 0 radical (unpaired) electrons. The standard InChI is InChI=1S/C20H19ClN2OS/c21-17-7-3-1-6-15(17)19-9-10-23(11-12-25-19)20(24)16-13-22-18-8-4-2-5-14(16)18/h1-8,13,19,22H,9-12H2/t19-/m1/s1. The van der Waals surface area contributed by atoms with Crippen LogP contribution in [0.5, 0.6) is 0 Å². The number of rotatable bonds is 2. The highest BCUT2D eigenvalue weighted by atomic mass is 35.5. The van der Waals surface area contributed by atoms with E-state index in [-0.39, 0.29) is 5.91 Å². The third kappa shape index (κ3) is 3.29. The molecule has 1 N–H and O–H groups in total. The molecule has 1 aromatic heterocycles. The average Bonchev–Trinajstić information content (AvgIpc) is 2.91. The smallest absolute Gasteiger partial charge is 0.256 e. The van der Waals surface area contributed by atoms with Crippen molar-refractivity contribution in [2.75, 3.05) is 18.8 Å². The van der Waals surface area contributed by atoms with E-state index in [1.165, 1.54) is 5.56 Å². The number of thioether (sulfide) groups is 1. The zero-order valence-corrected chi connectivity index (χ0v) is 15.3. The number of nitrogens with one attached hydrogen (secondary N) is 1. The molecule has 25 heavy (non-hydrogen) atoms. The van der Waals surface area contributed by atoms with Crippen LogP contribution in [0.25, 0.3) is 10.9 Å². The summed E-state index contributed by atoms with van der Waals surface area (Å²) in [5.41, 5.74) is 2.94. The fourth-order valence-corrected chi connectivity index (χ4v) is 4.98. The van der Waals surface area contributed by atoms with Gasteiger partial charge in [-0.2, -0.15) is 11.8 Å². The molecule has 0 spiro atoms. The first-order valence-electron chi connectivity index (χ1n) is 8.45. The molecule has 1 aliphatic heterocycles. The van der Waals surface area contributed by atoms with Crippen molar-refractivity contribution in [2.24, 2.45) is 0 Å². The number of aromatic amines is 1. The van der Waals surface area contributed by atoms with Gasteiger partial charge in [0.05, 0.1) is 5.56 Å². The number of amides is 1. The van der Waals surface area contributed by atoms with Gasteiger partial charge in [0.1, 0.15) is 0 Å². The van der Waals surface area contributed by atoms with Crippen molar-refractivity contribution in [3.05, 3.63) is 70.9 Å². The minimum atomic E-state index is 0.109. The number of hydrogen-bond acceptors (Lipinski definition) is 2. The first-order chi connectivity index (χ1) is 12.2. The molecule has 0 unspecified atom stereocenters. The van der Waals surface area contributed by atoms with Crippen molar-refractivity contribution < 1.29 is 4.79 Å². The Morgan fingerprint density at radius 1 is 1.12 bits per heavy atom. The maximum Gasteiger partial charge on any atom is 0.256 e. The van der Waals surface area contributed by atoms with Gasteiger partial charge in [0.25, 0.3) is 5.91 Å². The summed E-state index contributed by atoms with van der Waals surface area (Å²) in [6.45, 7) is 1.52. The van der Waals surface area contributed by atoms with E-state index in [1.54, 1.807) is 0 Å². The molecule has 128 valence electrons. The van der Waals surface area contributed by atoms with E-state index < -0.39 is 0 Å². The molecule has 3 nitrogen and oxygen atoms in total. The first-order valence-corrected chi connectivity index (χ1v) is 9.88. The van der Waals surface area contributed by atoms with Crippen LogP contribution in [0.4, 0.5) is 0 Å². The van der Waals surface area contributed by atoms with Crippen LogP contribution in [-0.4, -0.2) is 34.6 Å². The zero-order chi connectivity index (χ0) is 17.2. The highest BCUT2D eigenvalue weighted by Gasteiger charge is 2.25. The molecule has 1 atom stereocenters. The average molecular weight is 371 g/mol. The topological polar surface area (TPSA) is 36.1 Å². The Hall–Kier alpha value is -1.91. The van der Waals surface area contributed by atoms with Crippen molar-refractivity contribution in [1.29, 1.82) is 0 Å². The summed E-state index contributed by atoms with van der Waals surface area (Å²) in [4.78, 5) is 18.2. The van der Waals surface area contributed by atoms with Crippen molar-refractivity contribution in [3.8, 4) is 0 Å². The zero-order valence-electron chi connectivity index (χ0n) is 13.7. The maximum atomic E-state index is 13.0. The van der Waals surface area contributed by atoms with Crippen molar-refractivity contribution in [1.82, 2.24) is 9.88 Å². The van der Waals surface area contributed by atoms with Crippen LogP contribution in [0.15, 0.2) is 54.7 Å². The number of aromatic nitrogens is 1. The lowest BCUT2D eigenvalue weighted by atomic mass is 10.1. The van der Waals surface area contributed by atoms with Gasteiger partial charge >= 0.3 is 0 Å². The third-order valence-electron chi connectivity index (χ3n) is 4.70. The second-order valence-electron chi connectivity index (χ2n) is 6.21. The van der Waals surface area contributed by atoms with Crippen molar-refractivity contribution in [3.63, 3.8) is 0 Å². The quantitative estimate of drug-likeness (QED) is 0.677. The summed E-state index contributed by atoms with van der Waals surface area (Å²) in [5, 5.41) is 2.15. The van der Waals surface area contributed by atoms with Crippen LogP contribution >= 0.6 is 23.4 Å². The van der Waals surface area contributed by atoms with Gasteiger partial charge in [-0.1, -0.05) is 48.0 Å². The fraction of sp³-hybridized carbons (Fsp3) is 0.250. The monoisotopic (exact) mass is 370 g/mol. The van der Waals surface area contributed by atoms with Gasteiger partial charge in [0, 0.05) is 46.2 Å². The Morgan fingerprint density at radius 2 is 1.92 bits per heavy atom. The summed E-state index contributed by atoms with van der Waals surface area (Å²) in [6.07, 6.45) is 2.75. The lowest BCUT2D eigenvalue weighted by molar-refractivity contribution is 0.0768. The van der Waals surface area contributed by atoms with Gasteiger partial charge in [-0.05, 0) is 24.1 Å². The molecule has 0 saturated carbocycles. The van der Waals surface area contributed by atoms with Gasteiger partial charge in [0.2, 0.25) is 0 Å². The molecule has 5 heteroatoms. The molecule has 2 heterocycles. The second kappa shape index (κ2) is 7.14. The SMILES string of the molecule is O=C(c1c[nH]c2ccccc12)N1CCS[C@@H](c2ccccc2Cl)CC1. The molecular weight excluding hydrogens is 352 g/mol. The van der Waals surface area contributed by atoms with Gasteiger partial charge in [-0.15, -0.1) is 0 Å². The molecule has 1 amide bonds. The van der Waals surface area contributed by atoms with Crippen LogP contribution in [0.3, 0.4) is 0 Å². The van der Waals surface area contributed by atoms with Gasteiger partial charge in [0.15, 0.2) is 0 Å². The van der Waals surface area contributed by atoms with Crippen LogP contribution < -0.4 is 0 Å². The van der Waals surface area contributed by atoms with Crippen molar-refractivity contribution in [2.45, 2.75) is 11.7 Å². The van der Waals surface area contributed by atoms with Crippen LogP contribution in [0.1, 0.15) is 27.6 Å². The number of benzene rings is 2. The van der Waals surface area contributed by atoms with Crippen LogP contribution in [-0.2, 0) is 0 Å². The molecule has 3 aromatic rings. The van der Waals surface area contributed by atoms with E-state index >= 15 is 0 Å². The van der Waals surface area contributed by atoms with E-state index in [4.69, 9.17) is 11.6 Å². The summed E-state index contributed by atoms with van der Waals surface area (Å²) >= 11 is 8.25. The molecule has 2 aromatic carbocycles. The van der Waals surface area contributed by atoms with E-state index in [0.717, 1.165) is 46.8 Å². The molecule has 1 saturated heterocycles. The predicted octanol–water partition coefficient (Wildman–Crippen LogP) is 5.14. The summed E-state index contributed by atoms with van der Waals surface area (Å²) < 4.78 is 0. The molecule has 0 aliphatic carbocycles. The summed E-state index contributed by atoms with van der Waals surface area (Å²) in [6, 6.07) is 16.0. The minimum absolute atomic E-state index is 0.109. The van der Waals surface area contributed by atoms with E-state index in [9.17, 15) is 4.79 Å². The Kier molecular flexibility index (Phi) is 4.73. The number of carbonyl (C=O) groups excluding carboxylic acids is 1. The molecular formula is C20H19ClN2OS. The Labute approximate surface area is 156 Å². The summed E-state index contributed by atoms with van der Waals surface area (Å²) in [7, 11) is 0. The van der Waals surface area contributed by atoms with Gasteiger partial charge < -0.3 is 9.88 Å². The second-order valence-corrected chi connectivity index (χ2v) is 7.93. The molecule has 1 aliphatic rings. The molecule has 0 bridgehead atoms. The van der Waals surface area contributed by atoms with E-state index in [2.05, 4.69) is 11.1 Å². The Bertz CT molecular complexity index is 907. The maximum absolute atomic E-state index is 13.0. The normalized spacial score (nSPS) is 18.3. The third-order valence-corrected chi connectivity index (χ3v) is 6.35. The number of carbonyl (C=O) groups is 1. The summed E-state index contributed by atoms with van der Waals surface area (Å²) in [5.74, 6) is 1.03. The predicted molar refractivity (Wildman–Crippen MR) is 105 cm³/mol. The number of nitrogens with zero attached hydrogens (tertiary/aromatic N) is 1. The Balaban J connectivity index is 1.53. The van der Waals surface area contributed by atoms with Crippen LogP contribution in [0.2, 0.25) is 5.02 Å². The number of hydrogen-bond donors (Lipinski definition) is 1. The molecule has 1 fully saturated rings.